The number of hydrogen-bond donors (Lipinski definition) is 2. The van der Waals surface area contributed by atoms with E-state index in [9.17, 15) is 22.0 Å². The fourth-order valence-electron chi connectivity index (χ4n) is 1.44. The number of nitrogens with two attached hydrogens (primary N) is 1. The molecule has 2 rings (SSSR count). The second-order valence-corrected chi connectivity index (χ2v) is 6.12. The van der Waals surface area contributed by atoms with Crippen LogP contribution in [0.15, 0.2) is 29.2 Å². The minimum Gasteiger partial charge on any atom is -0.435 e. The van der Waals surface area contributed by atoms with Crippen LogP contribution in [-0.4, -0.2) is 26.5 Å². The van der Waals surface area contributed by atoms with Gasteiger partial charge in [0.05, 0.1) is 10.4 Å². The Morgan fingerprint density at radius 2 is 1.85 bits per heavy atom. The average molecular weight is 306 g/mol. The van der Waals surface area contributed by atoms with E-state index < -0.39 is 28.1 Å². The average Bonchev–Trinajstić information content (AvgIpc) is 3.08. The molecule has 0 saturated heterocycles. The van der Waals surface area contributed by atoms with E-state index in [1.54, 1.807) is 0 Å². The highest BCUT2D eigenvalue weighted by molar-refractivity contribution is 7.90. The first-order valence-corrected chi connectivity index (χ1v) is 7.12. The van der Waals surface area contributed by atoms with E-state index in [-0.39, 0.29) is 10.6 Å². The van der Waals surface area contributed by atoms with E-state index in [2.05, 4.69) is 4.74 Å². The third-order valence-electron chi connectivity index (χ3n) is 2.83. The first-order valence-electron chi connectivity index (χ1n) is 5.64. The van der Waals surface area contributed by atoms with Gasteiger partial charge in [-0.25, -0.2) is 13.1 Å². The Balaban J connectivity index is 2.11. The van der Waals surface area contributed by atoms with E-state index >= 15 is 0 Å². The molecule has 0 aliphatic heterocycles. The van der Waals surface area contributed by atoms with Gasteiger partial charge in [0.2, 0.25) is 0 Å². The maximum absolute atomic E-state index is 12.0. The predicted octanol–water partition coefficient (Wildman–Crippen LogP) is 0.584. The normalized spacial score (nSPS) is 16.8. The summed E-state index contributed by atoms with van der Waals surface area (Å²) in [6.07, 6.45) is 0.852. The molecule has 0 spiro atoms. The van der Waals surface area contributed by atoms with Crippen molar-refractivity contribution >= 4 is 15.9 Å². The number of halogens is 2. The molecule has 6 nitrogen and oxygen atoms in total. The molecule has 1 amide bonds. The highest BCUT2D eigenvalue weighted by atomic mass is 32.2. The summed E-state index contributed by atoms with van der Waals surface area (Å²) < 4.78 is 53.6. The van der Waals surface area contributed by atoms with E-state index in [1.807, 2.05) is 4.72 Å². The molecule has 1 fully saturated rings. The van der Waals surface area contributed by atoms with Crippen molar-refractivity contribution in [2.24, 2.45) is 5.73 Å². The highest BCUT2D eigenvalue weighted by Crippen LogP contribution is 2.32. The lowest BCUT2D eigenvalue weighted by atomic mass is 10.3. The smallest absolute Gasteiger partial charge is 0.387 e. The largest absolute Gasteiger partial charge is 0.435 e. The summed E-state index contributed by atoms with van der Waals surface area (Å²) in [7, 11) is -4.07. The first-order chi connectivity index (χ1) is 9.23. The Hall–Kier alpha value is -1.74. The number of carbonyl (C=O) groups is 1. The van der Waals surface area contributed by atoms with Crippen LogP contribution in [0.3, 0.4) is 0 Å². The van der Waals surface area contributed by atoms with Crippen molar-refractivity contribution in [1.29, 1.82) is 0 Å². The number of ether oxygens (including phenoxy) is 1. The highest BCUT2D eigenvalue weighted by Gasteiger charge is 2.47. The second-order valence-electron chi connectivity index (χ2n) is 4.44. The molecule has 1 aromatic rings. The predicted molar refractivity (Wildman–Crippen MR) is 64.6 cm³/mol. The minimum absolute atomic E-state index is 0.178. The molecule has 0 atom stereocenters. The molecule has 0 unspecified atom stereocenters. The minimum atomic E-state index is -4.07. The molecule has 1 aliphatic rings. The van der Waals surface area contributed by atoms with E-state index in [1.165, 1.54) is 0 Å². The van der Waals surface area contributed by atoms with Crippen LogP contribution in [0.2, 0.25) is 0 Å². The number of sulfonamides is 1. The summed E-state index contributed by atoms with van der Waals surface area (Å²) in [6.45, 7) is -3.00. The monoisotopic (exact) mass is 306 g/mol. The number of amides is 1. The van der Waals surface area contributed by atoms with Gasteiger partial charge in [0.1, 0.15) is 5.75 Å². The van der Waals surface area contributed by atoms with Gasteiger partial charge in [-0.2, -0.15) is 8.78 Å². The number of alkyl halides is 2. The van der Waals surface area contributed by atoms with E-state index in [0.29, 0.717) is 12.8 Å². The van der Waals surface area contributed by atoms with Gasteiger partial charge in [-0.05, 0) is 37.1 Å². The van der Waals surface area contributed by atoms with Crippen LogP contribution < -0.4 is 15.2 Å². The Morgan fingerprint density at radius 3 is 2.30 bits per heavy atom. The number of benzene rings is 1. The van der Waals surface area contributed by atoms with E-state index in [4.69, 9.17) is 5.73 Å². The maximum atomic E-state index is 12.0. The van der Waals surface area contributed by atoms with Crippen molar-refractivity contribution < 1.29 is 26.7 Å². The fraction of sp³-hybridized carbons (Fsp3) is 0.364. The lowest BCUT2D eigenvalue weighted by Gasteiger charge is -2.11. The number of rotatable bonds is 5. The van der Waals surface area contributed by atoms with Crippen molar-refractivity contribution in [3.8, 4) is 5.75 Å². The molecule has 0 radical (unpaired) electrons. The zero-order valence-corrected chi connectivity index (χ0v) is 11.0. The van der Waals surface area contributed by atoms with Gasteiger partial charge in [0, 0.05) is 0 Å². The summed E-state index contributed by atoms with van der Waals surface area (Å²) in [5.74, 6) is -0.951. The Labute approximate surface area is 114 Å². The standard InChI is InChI=1S/C11H12F2N2O4S/c12-10(13)19-7-1-3-8(4-2-7)20(17,18)15-9(16)11(14)5-6-11/h1-4,10H,5-6,14H2,(H,15,16). The molecular weight excluding hydrogens is 294 g/mol. The van der Waals surface area contributed by atoms with Gasteiger partial charge in [-0.1, -0.05) is 0 Å². The number of hydrogen-bond acceptors (Lipinski definition) is 5. The van der Waals surface area contributed by atoms with Crippen molar-refractivity contribution in [3.63, 3.8) is 0 Å². The summed E-state index contributed by atoms with van der Waals surface area (Å²) in [6, 6.07) is 4.26. The molecular formula is C11H12F2N2O4S. The third kappa shape index (κ3) is 3.23. The first kappa shape index (κ1) is 14.7. The molecule has 0 bridgehead atoms. The van der Waals surface area contributed by atoms with Gasteiger partial charge in [0.15, 0.2) is 0 Å². The van der Waals surface area contributed by atoms with Crippen LogP contribution in [0.25, 0.3) is 0 Å². The van der Waals surface area contributed by atoms with Gasteiger partial charge in [-0.3, -0.25) is 4.79 Å². The summed E-state index contributed by atoms with van der Waals surface area (Å²) in [5, 5.41) is 0. The van der Waals surface area contributed by atoms with Gasteiger partial charge in [-0.15, -0.1) is 0 Å². The molecule has 1 aliphatic carbocycles. The van der Waals surface area contributed by atoms with E-state index in [0.717, 1.165) is 24.3 Å². The lowest BCUT2D eigenvalue weighted by Crippen LogP contribution is -2.45. The molecule has 20 heavy (non-hydrogen) atoms. The number of carbonyl (C=O) groups excluding carboxylic acids is 1. The van der Waals surface area contributed by atoms with Gasteiger partial charge >= 0.3 is 6.61 Å². The summed E-state index contributed by atoms with van der Waals surface area (Å²) in [5.41, 5.74) is 4.46. The molecule has 1 aromatic carbocycles. The zero-order valence-electron chi connectivity index (χ0n) is 10.2. The molecule has 0 heterocycles. The Bertz CT molecular complexity index is 612. The Morgan fingerprint density at radius 1 is 1.30 bits per heavy atom. The van der Waals surface area contributed by atoms with Crippen molar-refractivity contribution in [2.45, 2.75) is 29.9 Å². The second kappa shape index (κ2) is 4.98. The van der Waals surface area contributed by atoms with Crippen molar-refractivity contribution in [2.75, 3.05) is 0 Å². The van der Waals surface area contributed by atoms with Crippen LogP contribution in [0, 0.1) is 0 Å². The van der Waals surface area contributed by atoms with Crippen LogP contribution in [-0.2, 0) is 14.8 Å². The summed E-state index contributed by atoms with van der Waals surface area (Å²) >= 11 is 0. The Kier molecular flexibility index (Phi) is 3.65. The van der Waals surface area contributed by atoms with Crippen LogP contribution in [0.5, 0.6) is 5.75 Å². The third-order valence-corrected chi connectivity index (χ3v) is 4.17. The molecule has 110 valence electrons. The van der Waals surface area contributed by atoms with Gasteiger partial charge < -0.3 is 10.5 Å². The zero-order chi connectivity index (χ0) is 15.0. The van der Waals surface area contributed by atoms with Crippen molar-refractivity contribution in [1.82, 2.24) is 4.72 Å². The van der Waals surface area contributed by atoms with Gasteiger partial charge in [0.25, 0.3) is 15.9 Å². The maximum Gasteiger partial charge on any atom is 0.387 e. The molecule has 1 saturated carbocycles. The van der Waals surface area contributed by atoms with Crippen LogP contribution in [0.1, 0.15) is 12.8 Å². The molecule has 0 aromatic heterocycles. The lowest BCUT2D eigenvalue weighted by molar-refractivity contribution is -0.121. The summed E-state index contributed by atoms with van der Waals surface area (Å²) in [4.78, 5) is 11.4. The topological polar surface area (TPSA) is 98.5 Å². The van der Waals surface area contributed by atoms with Crippen LogP contribution >= 0.6 is 0 Å². The number of nitrogens with one attached hydrogen (secondary N) is 1. The fourth-order valence-corrected chi connectivity index (χ4v) is 2.50. The molecule has 9 heteroatoms. The SMILES string of the molecule is NC1(C(=O)NS(=O)(=O)c2ccc(OC(F)F)cc2)CC1. The quantitative estimate of drug-likeness (QED) is 0.829. The van der Waals surface area contributed by atoms with Crippen LogP contribution in [0.4, 0.5) is 8.78 Å². The van der Waals surface area contributed by atoms with Crippen molar-refractivity contribution in [3.05, 3.63) is 24.3 Å². The molecule has 3 N–H and O–H groups in total.